The molecule has 0 saturated heterocycles. The zero-order chi connectivity index (χ0) is 18.4. The molecular weight excluding hydrogens is 354 g/mol. The molecule has 130 valence electrons. The molecule has 1 aliphatic heterocycles. The van der Waals surface area contributed by atoms with E-state index >= 15 is 0 Å². The van der Waals surface area contributed by atoms with E-state index in [1.165, 1.54) is 0 Å². The van der Waals surface area contributed by atoms with Gasteiger partial charge in [-0.3, -0.25) is 9.59 Å². The molecule has 3 nitrogen and oxygen atoms in total. The molecule has 4 heteroatoms. The van der Waals surface area contributed by atoms with Crippen LogP contribution in [0.2, 0.25) is 0 Å². The van der Waals surface area contributed by atoms with Crippen molar-refractivity contribution in [1.82, 2.24) is 5.32 Å². The molecule has 2 aliphatic rings. The molecule has 3 aromatic carbocycles. The molecular formula is C23H15NO2S. The monoisotopic (exact) mass is 369 g/mol. The molecule has 1 heterocycles. The summed E-state index contributed by atoms with van der Waals surface area (Å²) in [5, 5.41) is 2.46. The molecule has 0 saturated carbocycles. The highest BCUT2D eigenvalue weighted by Crippen LogP contribution is 2.48. The number of carbonyl (C=O) groups is 2. The van der Waals surface area contributed by atoms with Gasteiger partial charge in [0.05, 0.1) is 10.9 Å². The first-order chi connectivity index (χ1) is 13.2. The van der Waals surface area contributed by atoms with E-state index in [4.69, 9.17) is 0 Å². The zero-order valence-corrected chi connectivity index (χ0v) is 15.1. The van der Waals surface area contributed by atoms with Gasteiger partial charge in [-0.15, -0.1) is 0 Å². The van der Waals surface area contributed by atoms with Crippen molar-refractivity contribution in [2.75, 3.05) is 0 Å². The van der Waals surface area contributed by atoms with E-state index in [9.17, 15) is 9.59 Å². The number of Topliss-reactive ketones (excluding diaryl/α,β-unsaturated/α-hetero) is 1. The van der Waals surface area contributed by atoms with Crippen molar-refractivity contribution >= 4 is 28.5 Å². The first-order valence-corrected chi connectivity index (χ1v) is 9.61. The minimum absolute atomic E-state index is 0.00485. The standard InChI is InChI=1S/C23H15NO2S/c25-21-18-9-5-4-8-17(18)20-19(21)22(27-23(26)24-20)16-12-10-15(11-13-16)14-6-2-1-3-7-14/h1-13,22H,(H,24,26)/t22-/m0/s1. The van der Waals surface area contributed by atoms with E-state index in [2.05, 4.69) is 17.4 Å². The van der Waals surface area contributed by atoms with Crippen molar-refractivity contribution in [1.29, 1.82) is 0 Å². The smallest absolute Gasteiger partial charge is 0.284 e. The van der Waals surface area contributed by atoms with Crippen LogP contribution in [0.1, 0.15) is 26.7 Å². The molecule has 1 aliphatic carbocycles. The maximum Gasteiger partial charge on any atom is 0.284 e. The van der Waals surface area contributed by atoms with E-state index in [0.717, 1.165) is 34.0 Å². The lowest BCUT2D eigenvalue weighted by atomic mass is 9.98. The van der Waals surface area contributed by atoms with Crippen LogP contribution in [0.5, 0.6) is 0 Å². The number of rotatable bonds is 2. The number of amides is 1. The fraction of sp³-hybridized carbons (Fsp3) is 0.0435. The second-order valence-electron chi connectivity index (χ2n) is 6.56. The maximum absolute atomic E-state index is 13.0. The van der Waals surface area contributed by atoms with Gasteiger partial charge in [0.1, 0.15) is 0 Å². The Labute approximate surface area is 161 Å². The van der Waals surface area contributed by atoms with Gasteiger partial charge in [0, 0.05) is 16.7 Å². The highest BCUT2D eigenvalue weighted by atomic mass is 32.2. The van der Waals surface area contributed by atoms with Crippen LogP contribution >= 0.6 is 11.8 Å². The second kappa shape index (κ2) is 6.25. The van der Waals surface area contributed by atoms with Gasteiger partial charge in [-0.1, -0.05) is 90.6 Å². The maximum atomic E-state index is 13.0. The van der Waals surface area contributed by atoms with Crippen LogP contribution in [0, 0.1) is 0 Å². The Balaban J connectivity index is 1.56. The summed E-state index contributed by atoms with van der Waals surface area (Å²) in [5.74, 6) is 0.00485. The molecule has 5 rings (SSSR count). The predicted octanol–water partition coefficient (Wildman–Crippen LogP) is 5.46. The van der Waals surface area contributed by atoms with Crippen LogP contribution in [0.4, 0.5) is 4.79 Å². The van der Waals surface area contributed by atoms with E-state index in [1.54, 1.807) is 0 Å². The third-order valence-electron chi connectivity index (χ3n) is 4.99. The average molecular weight is 369 g/mol. The lowest BCUT2D eigenvalue weighted by Crippen LogP contribution is -2.25. The van der Waals surface area contributed by atoms with Crippen molar-refractivity contribution in [3.05, 3.63) is 101 Å². The van der Waals surface area contributed by atoms with Gasteiger partial charge in [0.25, 0.3) is 5.24 Å². The minimum Gasteiger partial charge on any atom is -0.316 e. The summed E-state index contributed by atoms with van der Waals surface area (Å²) in [6.45, 7) is 0. The van der Waals surface area contributed by atoms with Gasteiger partial charge in [-0.2, -0.15) is 0 Å². The zero-order valence-electron chi connectivity index (χ0n) is 14.3. The Bertz CT molecular complexity index is 1100. The van der Waals surface area contributed by atoms with Crippen molar-refractivity contribution in [3.8, 4) is 11.1 Å². The van der Waals surface area contributed by atoms with Crippen LogP contribution in [-0.2, 0) is 0 Å². The lowest BCUT2D eigenvalue weighted by Gasteiger charge is -2.24. The molecule has 0 fully saturated rings. The Morgan fingerprint density at radius 2 is 1.33 bits per heavy atom. The Hall–Kier alpha value is -3.11. The summed E-state index contributed by atoms with van der Waals surface area (Å²) in [5.41, 5.74) is 6.03. The van der Waals surface area contributed by atoms with Gasteiger partial charge in [0.15, 0.2) is 5.78 Å². The van der Waals surface area contributed by atoms with E-state index in [1.807, 2.05) is 66.7 Å². The SMILES string of the molecule is O=C1NC2=C(C(=O)c3ccccc32)[C@H](c2ccc(-c3ccccc3)cc2)S1. The van der Waals surface area contributed by atoms with Crippen molar-refractivity contribution < 1.29 is 9.59 Å². The highest BCUT2D eigenvalue weighted by molar-refractivity contribution is 8.14. The Morgan fingerprint density at radius 1 is 0.704 bits per heavy atom. The van der Waals surface area contributed by atoms with Crippen LogP contribution in [-0.4, -0.2) is 11.0 Å². The molecule has 27 heavy (non-hydrogen) atoms. The number of benzene rings is 3. The van der Waals surface area contributed by atoms with E-state index in [-0.39, 0.29) is 16.3 Å². The topological polar surface area (TPSA) is 46.2 Å². The summed E-state index contributed by atoms with van der Waals surface area (Å²) < 4.78 is 0. The summed E-state index contributed by atoms with van der Waals surface area (Å²) >= 11 is 1.16. The molecule has 1 atom stereocenters. The predicted molar refractivity (Wildman–Crippen MR) is 108 cm³/mol. The quantitative estimate of drug-likeness (QED) is 0.652. The number of hydrogen-bond acceptors (Lipinski definition) is 3. The molecule has 0 radical (unpaired) electrons. The molecule has 0 unspecified atom stereocenters. The van der Waals surface area contributed by atoms with Crippen LogP contribution in [0.25, 0.3) is 16.8 Å². The average Bonchev–Trinajstić information content (AvgIpc) is 3.01. The number of nitrogens with one attached hydrogen (secondary N) is 1. The number of fused-ring (bicyclic) bond motifs is 2. The number of hydrogen-bond donors (Lipinski definition) is 1. The Morgan fingerprint density at radius 3 is 2.07 bits per heavy atom. The fourth-order valence-corrected chi connectivity index (χ4v) is 4.71. The van der Waals surface area contributed by atoms with Crippen molar-refractivity contribution in [3.63, 3.8) is 0 Å². The van der Waals surface area contributed by atoms with Crippen LogP contribution < -0.4 is 5.32 Å². The van der Waals surface area contributed by atoms with Gasteiger partial charge in [0.2, 0.25) is 0 Å². The molecule has 0 spiro atoms. The van der Waals surface area contributed by atoms with Gasteiger partial charge in [-0.05, 0) is 16.7 Å². The first-order valence-electron chi connectivity index (χ1n) is 8.73. The fourth-order valence-electron chi connectivity index (χ4n) is 3.70. The van der Waals surface area contributed by atoms with Crippen LogP contribution in [0.3, 0.4) is 0 Å². The molecule has 0 bridgehead atoms. The summed E-state index contributed by atoms with van der Waals surface area (Å²) in [6, 6.07) is 25.7. The van der Waals surface area contributed by atoms with E-state index in [0.29, 0.717) is 16.8 Å². The summed E-state index contributed by atoms with van der Waals surface area (Å²) in [6.07, 6.45) is 0. The summed E-state index contributed by atoms with van der Waals surface area (Å²) in [4.78, 5) is 25.3. The molecule has 3 aromatic rings. The normalized spacial score (nSPS) is 18.1. The van der Waals surface area contributed by atoms with Gasteiger partial charge < -0.3 is 5.32 Å². The molecule has 1 amide bonds. The number of thioether (sulfide) groups is 1. The largest absolute Gasteiger partial charge is 0.316 e. The van der Waals surface area contributed by atoms with Gasteiger partial charge >= 0.3 is 0 Å². The third-order valence-corrected chi connectivity index (χ3v) is 6.05. The third kappa shape index (κ3) is 2.61. The molecule has 1 N–H and O–H groups in total. The van der Waals surface area contributed by atoms with E-state index < -0.39 is 0 Å². The lowest BCUT2D eigenvalue weighted by molar-refractivity contribution is 0.103. The van der Waals surface area contributed by atoms with Crippen molar-refractivity contribution in [2.45, 2.75) is 5.25 Å². The number of carbonyl (C=O) groups excluding carboxylic acids is 2. The highest BCUT2D eigenvalue weighted by Gasteiger charge is 2.40. The van der Waals surface area contributed by atoms with Gasteiger partial charge in [-0.25, -0.2) is 0 Å². The first kappa shape index (κ1) is 16.1. The number of ketones is 1. The second-order valence-corrected chi connectivity index (χ2v) is 7.64. The summed E-state index contributed by atoms with van der Waals surface area (Å²) in [7, 11) is 0. The van der Waals surface area contributed by atoms with Crippen LogP contribution in [0.15, 0.2) is 84.4 Å². The Kier molecular flexibility index (Phi) is 3.73. The minimum atomic E-state index is -0.293. The van der Waals surface area contributed by atoms with Crippen molar-refractivity contribution in [2.24, 2.45) is 0 Å². The molecule has 0 aromatic heterocycles.